The van der Waals surface area contributed by atoms with Gasteiger partial charge in [-0.3, -0.25) is 0 Å². The topological polar surface area (TPSA) is 24.5 Å². The highest BCUT2D eigenvalue weighted by Gasteiger charge is 2.17. The minimum absolute atomic E-state index is 0.748. The number of nitrogens with one attached hydrogen (secondary N) is 1. The normalized spacial score (nSPS) is 19.1. The summed E-state index contributed by atoms with van der Waals surface area (Å²) in [4.78, 5) is 2.53. The average Bonchev–Trinajstić information content (AvgIpc) is 2.31. The van der Waals surface area contributed by atoms with E-state index in [1.807, 2.05) is 0 Å². The molecule has 0 aromatic carbocycles. The van der Waals surface area contributed by atoms with Crippen LogP contribution in [0.25, 0.3) is 0 Å². The van der Waals surface area contributed by atoms with Crippen molar-refractivity contribution in [3.8, 4) is 0 Å². The van der Waals surface area contributed by atoms with Gasteiger partial charge in [-0.15, -0.1) is 0 Å². The number of rotatable bonds is 8. The third-order valence-corrected chi connectivity index (χ3v) is 3.47. The molecule has 0 bridgehead atoms. The van der Waals surface area contributed by atoms with Gasteiger partial charge < -0.3 is 15.0 Å². The van der Waals surface area contributed by atoms with Crippen molar-refractivity contribution in [1.29, 1.82) is 0 Å². The van der Waals surface area contributed by atoms with Crippen LogP contribution in [0.3, 0.4) is 0 Å². The van der Waals surface area contributed by atoms with E-state index in [-0.39, 0.29) is 0 Å². The van der Waals surface area contributed by atoms with Crippen molar-refractivity contribution in [3.05, 3.63) is 0 Å². The Labute approximate surface area is 107 Å². The first-order valence-corrected chi connectivity index (χ1v) is 7.25. The van der Waals surface area contributed by atoms with Crippen LogP contribution in [0.4, 0.5) is 0 Å². The molecule has 0 saturated carbocycles. The van der Waals surface area contributed by atoms with Gasteiger partial charge in [0.2, 0.25) is 0 Å². The van der Waals surface area contributed by atoms with Crippen LogP contribution in [0.2, 0.25) is 0 Å². The van der Waals surface area contributed by atoms with Crippen molar-refractivity contribution in [2.45, 2.75) is 46.1 Å². The van der Waals surface area contributed by atoms with Crippen LogP contribution in [0.5, 0.6) is 0 Å². The van der Waals surface area contributed by atoms with Gasteiger partial charge in [-0.1, -0.05) is 20.8 Å². The zero-order valence-corrected chi connectivity index (χ0v) is 11.9. The van der Waals surface area contributed by atoms with Gasteiger partial charge in [0.15, 0.2) is 0 Å². The summed E-state index contributed by atoms with van der Waals surface area (Å²) >= 11 is 0. The predicted molar refractivity (Wildman–Crippen MR) is 73.4 cm³/mol. The fraction of sp³-hybridized carbons (Fsp3) is 1.00. The molecule has 0 spiro atoms. The number of hydrogen-bond acceptors (Lipinski definition) is 3. The smallest absolute Gasteiger partial charge is 0.0593 e. The van der Waals surface area contributed by atoms with Gasteiger partial charge in [-0.25, -0.2) is 0 Å². The zero-order valence-electron chi connectivity index (χ0n) is 11.9. The van der Waals surface area contributed by atoms with Crippen LogP contribution in [-0.2, 0) is 4.74 Å². The van der Waals surface area contributed by atoms with Gasteiger partial charge in [0.25, 0.3) is 0 Å². The summed E-state index contributed by atoms with van der Waals surface area (Å²) in [6.45, 7) is 13.2. The molecule has 0 amide bonds. The molecule has 3 heteroatoms. The maximum Gasteiger partial charge on any atom is 0.0593 e. The maximum atomic E-state index is 5.66. The van der Waals surface area contributed by atoms with Crippen LogP contribution >= 0.6 is 0 Å². The monoisotopic (exact) mass is 242 g/mol. The van der Waals surface area contributed by atoms with Crippen molar-refractivity contribution in [2.75, 3.05) is 39.4 Å². The third-order valence-electron chi connectivity index (χ3n) is 3.47. The molecule has 0 aliphatic carbocycles. The summed E-state index contributed by atoms with van der Waals surface area (Å²) in [6.07, 6.45) is 3.77. The maximum absolute atomic E-state index is 5.66. The van der Waals surface area contributed by atoms with Crippen molar-refractivity contribution < 1.29 is 4.74 Å². The molecule has 0 atom stereocenters. The Morgan fingerprint density at radius 3 is 2.53 bits per heavy atom. The molecule has 1 heterocycles. The fourth-order valence-electron chi connectivity index (χ4n) is 2.26. The average molecular weight is 242 g/mol. The lowest BCUT2D eigenvalue weighted by molar-refractivity contribution is 0.0858. The molecule has 1 fully saturated rings. The largest absolute Gasteiger partial charge is 0.380 e. The molecular weight excluding hydrogens is 212 g/mol. The number of nitrogens with zero attached hydrogens (tertiary/aromatic N) is 1. The second-order valence-electron chi connectivity index (χ2n) is 5.47. The lowest BCUT2D eigenvalue weighted by Gasteiger charge is -2.32. The molecule has 102 valence electrons. The van der Waals surface area contributed by atoms with Gasteiger partial charge in [-0.05, 0) is 44.8 Å². The first-order chi connectivity index (χ1) is 8.22. The molecule has 1 rings (SSSR count). The van der Waals surface area contributed by atoms with E-state index in [1.54, 1.807) is 0 Å². The predicted octanol–water partition coefficient (Wildman–Crippen LogP) is 2.12. The molecule has 1 saturated heterocycles. The summed E-state index contributed by atoms with van der Waals surface area (Å²) in [7, 11) is 0. The molecule has 0 unspecified atom stereocenters. The number of piperidine rings is 1. The molecule has 1 aliphatic rings. The summed E-state index contributed by atoms with van der Waals surface area (Å²) in [5.41, 5.74) is 0. The van der Waals surface area contributed by atoms with Gasteiger partial charge >= 0.3 is 0 Å². The van der Waals surface area contributed by atoms with E-state index >= 15 is 0 Å². The molecule has 0 aromatic rings. The Kier molecular flexibility index (Phi) is 7.82. The standard InChI is InChI=1S/C14H30N2O/c1-4-15-14-5-8-16(9-6-14)10-12-17-11-7-13(2)3/h13-15H,4-12H2,1-3H3. The van der Waals surface area contributed by atoms with Crippen LogP contribution in [0.1, 0.15) is 40.0 Å². The van der Waals surface area contributed by atoms with Gasteiger partial charge in [0, 0.05) is 19.2 Å². The second-order valence-corrected chi connectivity index (χ2v) is 5.47. The first-order valence-electron chi connectivity index (χ1n) is 7.25. The van der Waals surface area contributed by atoms with Crippen LogP contribution in [0.15, 0.2) is 0 Å². The van der Waals surface area contributed by atoms with Gasteiger partial charge in [0.1, 0.15) is 0 Å². The molecule has 0 aromatic heterocycles. The van der Waals surface area contributed by atoms with Crippen molar-refractivity contribution in [3.63, 3.8) is 0 Å². The lowest BCUT2D eigenvalue weighted by atomic mass is 10.1. The van der Waals surface area contributed by atoms with Crippen LogP contribution in [0, 0.1) is 5.92 Å². The lowest BCUT2D eigenvalue weighted by Crippen LogP contribution is -2.43. The summed E-state index contributed by atoms with van der Waals surface area (Å²) < 4.78 is 5.66. The Morgan fingerprint density at radius 2 is 1.94 bits per heavy atom. The third kappa shape index (κ3) is 7.02. The van der Waals surface area contributed by atoms with Gasteiger partial charge in [0.05, 0.1) is 6.61 Å². The minimum atomic E-state index is 0.748. The molecular formula is C14H30N2O. The summed E-state index contributed by atoms with van der Waals surface area (Å²) in [6, 6.07) is 0.748. The molecule has 0 radical (unpaired) electrons. The number of hydrogen-bond donors (Lipinski definition) is 1. The Balaban J connectivity index is 1.95. The fourth-order valence-corrected chi connectivity index (χ4v) is 2.26. The van der Waals surface area contributed by atoms with Crippen molar-refractivity contribution in [1.82, 2.24) is 10.2 Å². The Hall–Kier alpha value is -0.120. The quantitative estimate of drug-likeness (QED) is 0.660. The highest BCUT2D eigenvalue weighted by molar-refractivity contribution is 4.76. The molecule has 3 nitrogen and oxygen atoms in total. The van der Waals surface area contributed by atoms with Crippen molar-refractivity contribution >= 4 is 0 Å². The Morgan fingerprint density at radius 1 is 1.24 bits per heavy atom. The molecule has 1 N–H and O–H groups in total. The van der Waals surface area contributed by atoms with E-state index < -0.39 is 0 Å². The van der Waals surface area contributed by atoms with E-state index in [2.05, 4.69) is 31.0 Å². The van der Waals surface area contributed by atoms with E-state index in [0.717, 1.165) is 38.3 Å². The van der Waals surface area contributed by atoms with E-state index in [4.69, 9.17) is 4.74 Å². The zero-order chi connectivity index (χ0) is 12.5. The highest BCUT2D eigenvalue weighted by Crippen LogP contribution is 2.09. The molecule has 17 heavy (non-hydrogen) atoms. The highest BCUT2D eigenvalue weighted by atomic mass is 16.5. The van der Waals surface area contributed by atoms with Crippen LogP contribution in [-0.4, -0.2) is 50.3 Å². The van der Waals surface area contributed by atoms with Crippen LogP contribution < -0.4 is 5.32 Å². The first kappa shape index (κ1) is 14.9. The SMILES string of the molecule is CCNC1CCN(CCOCCC(C)C)CC1. The second kappa shape index (κ2) is 8.90. The number of ether oxygens (including phenoxy) is 1. The van der Waals surface area contributed by atoms with E-state index in [1.165, 1.54) is 32.4 Å². The summed E-state index contributed by atoms with van der Waals surface area (Å²) in [5.74, 6) is 0.755. The Bertz CT molecular complexity index is 177. The van der Waals surface area contributed by atoms with E-state index in [0.29, 0.717) is 0 Å². The van der Waals surface area contributed by atoms with Crippen molar-refractivity contribution in [2.24, 2.45) is 5.92 Å². The van der Waals surface area contributed by atoms with Gasteiger partial charge in [-0.2, -0.15) is 0 Å². The molecule has 1 aliphatic heterocycles. The summed E-state index contributed by atoms with van der Waals surface area (Å²) in [5, 5.41) is 3.54. The number of likely N-dealkylation sites (tertiary alicyclic amines) is 1. The van der Waals surface area contributed by atoms with E-state index in [9.17, 15) is 0 Å². The minimum Gasteiger partial charge on any atom is -0.380 e.